The van der Waals surface area contributed by atoms with Crippen LogP contribution in [-0.4, -0.2) is 77.2 Å². The molecule has 4 heterocycles. The van der Waals surface area contributed by atoms with E-state index in [0.29, 0.717) is 60.4 Å². The highest BCUT2D eigenvalue weighted by Gasteiger charge is 2.33. The van der Waals surface area contributed by atoms with Gasteiger partial charge in [0.25, 0.3) is 5.91 Å². The van der Waals surface area contributed by atoms with E-state index in [1.54, 1.807) is 24.4 Å². The van der Waals surface area contributed by atoms with E-state index < -0.39 is 17.6 Å². The molecule has 2 aliphatic rings. The molecule has 1 amide bonds. The molecule has 0 aliphatic carbocycles. The summed E-state index contributed by atoms with van der Waals surface area (Å²) in [5, 5.41) is 5.93. The predicted molar refractivity (Wildman–Crippen MR) is 163 cm³/mol. The van der Waals surface area contributed by atoms with Crippen molar-refractivity contribution in [3.05, 3.63) is 65.1 Å². The van der Waals surface area contributed by atoms with Crippen molar-refractivity contribution in [2.75, 3.05) is 62.0 Å². The second-order valence-electron chi connectivity index (χ2n) is 11.0. The van der Waals surface area contributed by atoms with Crippen molar-refractivity contribution in [3.63, 3.8) is 0 Å². The molecule has 0 radical (unpaired) electrons. The zero-order valence-corrected chi connectivity index (χ0v) is 24.9. The number of carbonyl (C=O) groups is 1. The lowest BCUT2D eigenvalue weighted by atomic mass is 10.1. The minimum Gasteiger partial charge on any atom is -0.494 e. The first kappa shape index (κ1) is 30.5. The molecule has 2 aromatic heterocycles. The standard InChI is InChI=1S/C31H33F3N8O3/c1-19-5-6-20(14-23(19)38-28-26-25(36-18-37-28)16-35-30(40-26)42-9-11-45-12-10-42)29(43)39-24-15-22(31(32,33)34)13-21(27(24)44-2)17-41-7-3-4-8-41/h5-6,13-16,18H,3-4,7-12,17H2,1-2H3,(H,39,43)(H,36,37,38). The molecule has 2 aliphatic heterocycles. The van der Waals surface area contributed by atoms with E-state index in [1.807, 2.05) is 11.8 Å². The molecular weight excluding hydrogens is 589 g/mol. The molecule has 11 nitrogen and oxygen atoms in total. The number of nitrogens with zero attached hydrogens (tertiary/aromatic N) is 6. The third kappa shape index (κ3) is 6.76. The number of hydrogen-bond acceptors (Lipinski definition) is 10. The number of halogens is 3. The lowest BCUT2D eigenvalue weighted by molar-refractivity contribution is -0.137. The first-order valence-electron chi connectivity index (χ1n) is 14.7. The summed E-state index contributed by atoms with van der Waals surface area (Å²) in [4.78, 5) is 35.4. The van der Waals surface area contributed by atoms with Gasteiger partial charge in [-0.15, -0.1) is 0 Å². The highest BCUT2D eigenvalue weighted by Crippen LogP contribution is 2.39. The molecule has 4 aromatic rings. The van der Waals surface area contributed by atoms with Gasteiger partial charge >= 0.3 is 6.18 Å². The summed E-state index contributed by atoms with van der Waals surface area (Å²) in [6.45, 7) is 6.23. The molecular formula is C31H33F3N8O3. The van der Waals surface area contributed by atoms with Gasteiger partial charge in [-0.25, -0.2) is 19.9 Å². The summed E-state index contributed by atoms with van der Waals surface area (Å²) < 4.78 is 52.7. The fourth-order valence-electron chi connectivity index (χ4n) is 5.56. The Balaban J connectivity index is 1.29. The minimum atomic E-state index is -4.60. The summed E-state index contributed by atoms with van der Waals surface area (Å²) in [6.07, 6.45) is 0.409. The van der Waals surface area contributed by atoms with Gasteiger partial charge < -0.3 is 25.0 Å². The number of carbonyl (C=O) groups excluding carboxylic acids is 1. The Morgan fingerprint density at radius 3 is 2.53 bits per heavy atom. The number of aromatic nitrogens is 4. The minimum absolute atomic E-state index is 0.0456. The largest absolute Gasteiger partial charge is 0.494 e. The Morgan fingerprint density at radius 2 is 1.80 bits per heavy atom. The molecule has 2 fully saturated rings. The Hall–Kier alpha value is -4.56. The summed E-state index contributed by atoms with van der Waals surface area (Å²) >= 11 is 0. The van der Waals surface area contributed by atoms with E-state index in [1.165, 1.54) is 13.4 Å². The fourth-order valence-corrected chi connectivity index (χ4v) is 5.56. The molecule has 0 unspecified atom stereocenters. The molecule has 0 atom stereocenters. The van der Waals surface area contributed by atoms with Crippen LogP contribution in [0.1, 0.15) is 39.9 Å². The average Bonchev–Trinajstić information content (AvgIpc) is 3.55. The van der Waals surface area contributed by atoms with Gasteiger partial charge in [-0.05, 0) is 62.7 Å². The zero-order chi connectivity index (χ0) is 31.6. The van der Waals surface area contributed by atoms with Crippen LogP contribution >= 0.6 is 0 Å². The molecule has 0 spiro atoms. The number of nitrogens with one attached hydrogen (secondary N) is 2. The summed E-state index contributed by atoms with van der Waals surface area (Å²) in [5.74, 6) is 0.570. The first-order valence-corrected chi connectivity index (χ1v) is 14.7. The van der Waals surface area contributed by atoms with E-state index in [0.717, 1.165) is 43.6 Å². The van der Waals surface area contributed by atoms with Crippen molar-refractivity contribution in [2.24, 2.45) is 0 Å². The van der Waals surface area contributed by atoms with Gasteiger partial charge in [-0.2, -0.15) is 13.2 Å². The van der Waals surface area contributed by atoms with Crippen LogP contribution in [0.5, 0.6) is 5.75 Å². The number of methoxy groups -OCH3 is 1. The van der Waals surface area contributed by atoms with Crippen LogP contribution in [0.15, 0.2) is 42.9 Å². The van der Waals surface area contributed by atoms with Crippen molar-refractivity contribution in [3.8, 4) is 5.75 Å². The van der Waals surface area contributed by atoms with Gasteiger partial charge in [0.1, 0.15) is 23.1 Å². The number of morpholine rings is 1. The monoisotopic (exact) mass is 622 g/mol. The molecule has 45 heavy (non-hydrogen) atoms. The molecule has 236 valence electrons. The number of ether oxygens (including phenoxy) is 2. The van der Waals surface area contributed by atoms with Crippen LogP contribution in [-0.2, 0) is 17.5 Å². The van der Waals surface area contributed by atoms with Crippen molar-refractivity contribution >= 4 is 40.1 Å². The van der Waals surface area contributed by atoms with Gasteiger partial charge in [0.15, 0.2) is 5.82 Å². The molecule has 2 N–H and O–H groups in total. The van der Waals surface area contributed by atoms with E-state index in [2.05, 4.69) is 30.5 Å². The quantitative estimate of drug-likeness (QED) is 0.272. The van der Waals surface area contributed by atoms with Crippen LogP contribution in [0.4, 0.5) is 36.3 Å². The Morgan fingerprint density at radius 1 is 1.02 bits per heavy atom. The van der Waals surface area contributed by atoms with Gasteiger partial charge in [0.2, 0.25) is 5.95 Å². The average molecular weight is 623 g/mol. The first-order chi connectivity index (χ1) is 21.7. The maximum absolute atomic E-state index is 13.9. The third-order valence-corrected chi connectivity index (χ3v) is 7.95. The van der Waals surface area contributed by atoms with Crippen LogP contribution in [0.3, 0.4) is 0 Å². The lowest BCUT2D eigenvalue weighted by Gasteiger charge is -2.26. The molecule has 6 rings (SSSR count). The molecule has 2 aromatic carbocycles. The second kappa shape index (κ2) is 12.8. The Kier molecular flexibility index (Phi) is 8.67. The van der Waals surface area contributed by atoms with Gasteiger partial charge in [0.05, 0.1) is 37.8 Å². The van der Waals surface area contributed by atoms with Gasteiger partial charge in [-0.1, -0.05) is 6.07 Å². The third-order valence-electron chi connectivity index (χ3n) is 7.95. The predicted octanol–water partition coefficient (Wildman–Crippen LogP) is 5.18. The van der Waals surface area contributed by atoms with Crippen molar-refractivity contribution in [1.29, 1.82) is 0 Å². The SMILES string of the molecule is COc1c(CN2CCCC2)cc(C(F)(F)F)cc1NC(=O)c1ccc(C)c(Nc2ncnc3cnc(N4CCOCC4)nc23)c1. The number of amides is 1. The molecule has 0 bridgehead atoms. The van der Waals surface area contributed by atoms with E-state index in [-0.39, 0.29) is 23.5 Å². The molecule has 2 saturated heterocycles. The van der Waals surface area contributed by atoms with E-state index >= 15 is 0 Å². The number of alkyl halides is 3. The maximum atomic E-state index is 13.9. The number of rotatable bonds is 8. The van der Waals surface area contributed by atoms with Gasteiger partial charge in [-0.3, -0.25) is 9.69 Å². The van der Waals surface area contributed by atoms with Gasteiger partial charge in [0, 0.05) is 36.4 Å². The highest BCUT2D eigenvalue weighted by atomic mass is 19.4. The van der Waals surface area contributed by atoms with Crippen LogP contribution in [0.2, 0.25) is 0 Å². The van der Waals surface area contributed by atoms with Crippen LogP contribution in [0, 0.1) is 6.92 Å². The number of aryl methyl sites for hydroxylation is 1. The van der Waals surface area contributed by atoms with Crippen LogP contribution < -0.4 is 20.3 Å². The van der Waals surface area contributed by atoms with E-state index in [4.69, 9.17) is 14.5 Å². The lowest BCUT2D eigenvalue weighted by Crippen LogP contribution is -2.37. The van der Waals surface area contributed by atoms with Crippen molar-refractivity contribution in [1.82, 2.24) is 24.8 Å². The Bertz CT molecular complexity index is 1710. The number of likely N-dealkylation sites (tertiary alicyclic amines) is 1. The molecule has 0 saturated carbocycles. The topological polar surface area (TPSA) is 118 Å². The number of fused-ring (bicyclic) bond motifs is 1. The van der Waals surface area contributed by atoms with Crippen LogP contribution in [0.25, 0.3) is 11.0 Å². The van der Waals surface area contributed by atoms with Crippen molar-refractivity contribution in [2.45, 2.75) is 32.5 Å². The normalized spacial score (nSPS) is 15.8. The molecule has 14 heteroatoms. The summed E-state index contributed by atoms with van der Waals surface area (Å²) in [7, 11) is 1.39. The smallest absolute Gasteiger partial charge is 0.416 e. The highest BCUT2D eigenvalue weighted by molar-refractivity contribution is 6.06. The number of anilines is 4. The maximum Gasteiger partial charge on any atom is 0.416 e. The van der Waals surface area contributed by atoms with E-state index in [9.17, 15) is 18.0 Å². The Labute approximate surface area is 257 Å². The second-order valence-corrected chi connectivity index (χ2v) is 11.0. The number of hydrogen-bond donors (Lipinski definition) is 2. The number of benzene rings is 2. The zero-order valence-electron chi connectivity index (χ0n) is 24.9. The summed E-state index contributed by atoms with van der Waals surface area (Å²) in [6, 6.07) is 6.99. The summed E-state index contributed by atoms with van der Waals surface area (Å²) in [5.41, 5.74) is 2.12. The fraction of sp³-hybridized carbons (Fsp3) is 0.387. The van der Waals surface area contributed by atoms with Crippen molar-refractivity contribution < 1.29 is 27.4 Å².